The van der Waals surface area contributed by atoms with Crippen LogP contribution in [0.1, 0.15) is 4.88 Å². The van der Waals surface area contributed by atoms with E-state index in [-0.39, 0.29) is 10.7 Å². The molecule has 0 unspecified atom stereocenters. The van der Waals surface area contributed by atoms with Gasteiger partial charge < -0.3 is 0 Å². The molecule has 3 rings (SSSR count). The zero-order valence-electron chi connectivity index (χ0n) is 11.1. The summed E-state index contributed by atoms with van der Waals surface area (Å²) in [7, 11) is 0. The van der Waals surface area contributed by atoms with Crippen LogP contribution in [0.4, 0.5) is 5.69 Å². The molecule has 2 heterocycles. The van der Waals surface area contributed by atoms with E-state index in [1.54, 1.807) is 30.3 Å². The van der Waals surface area contributed by atoms with Gasteiger partial charge in [-0.2, -0.15) is 0 Å². The van der Waals surface area contributed by atoms with Gasteiger partial charge in [0.05, 0.1) is 5.69 Å². The molecular weight excluding hydrogens is 340 g/mol. The third-order valence-corrected chi connectivity index (χ3v) is 4.37. The second-order valence-electron chi connectivity index (χ2n) is 4.45. The third-order valence-electron chi connectivity index (χ3n) is 3.02. The second kappa shape index (κ2) is 6.00. The lowest BCUT2D eigenvalue weighted by molar-refractivity contribution is -0.122. The normalized spacial score (nSPS) is 17.0. The van der Waals surface area contributed by atoms with E-state index in [1.165, 1.54) is 16.2 Å². The van der Waals surface area contributed by atoms with E-state index in [0.717, 1.165) is 4.88 Å². The maximum Gasteiger partial charge on any atom is 0.270 e. The number of amides is 2. The number of benzene rings is 1. The Morgan fingerprint density at radius 2 is 1.91 bits per heavy atom. The number of nitrogens with zero attached hydrogens (tertiary/aromatic N) is 1. The molecule has 1 aliphatic heterocycles. The molecule has 0 saturated carbocycles. The number of hydrogen-bond acceptors (Lipinski definition) is 4. The molecular formula is C15H9ClN2O2S2. The summed E-state index contributed by atoms with van der Waals surface area (Å²) in [5.74, 6) is -0.946. The fourth-order valence-electron chi connectivity index (χ4n) is 2.00. The minimum atomic E-state index is -0.492. The fourth-order valence-corrected chi connectivity index (χ4v) is 3.06. The molecule has 1 aromatic heterocycles. The van der Waals surface area contributed by atoms with Crippen molar-refractivity contribution in [2.24, 2.45) is 0 Å². The first-order valence-corrected chi connectivity index (χ1v) is 7.93. The molecule has 7 heteroatoms. The van der Waals surface area contributed by atoms with Crippen LogP contribution in [0, 0.1) is 0 Å². The quantitative estimate of drug-likeness (QED) is 0.515. The number of halogens is 1. The molecule has 1 fully saturated rings. The molecule has 0 radical (unpaired) electrons. The van der Waals surface area contributed by atoms with Gasteiger partial charge in [-0.05, 0) is 54.0 Å². The lowest BCUT2D eigenvalue weighted by Crippen LogP contribution is -2.54. The summed E-state index contributed by atoms with van der Waals surface area (Å²) >= 11 is 12.4. The monoisotopic (exact) mass is 348 g/mol. The predicted molar refractivity (Wildman–Crippen MR) is 92.0 cm³/mol. The number of carbonyl (C=O) groups is 2. The van der Waals surface area contributed by atoms with Crippen molar-refractivity contribution in [1.82, 2.24) is 5.32 Å². The molecule has 1 N–H and O–H groups in total. The summed E-state index contributed by atoms with van der Waals surface area (Å²) in [6.07, 6.45) is 1.56. The fraction of sp³-hybridized carbons (Fsp3) is 0. The number of hydrogen-bond donors (Lipinski definition) is 1. The smallest absolute Gasteiger partial charge is 0.270 e. The Bertz CT molecular complexity index is 782. The molecule has 22 heavy (non-hydrogen) atoms. The number of nitrogens with one attached hydrogen (secondary N) is 1. The zero-order chi connectivity index (χ0) is 15.7. The number of rotatable bonds is 2. The maximum absolute atomic E-state index is 12.6. The van der Waals surface area contributed by atoms with Gasteiger partial charge >= 0.3 is 0 Å². The van der Waals surface area contributed by atoms with Crippen molar-refractivity contribution in [3.8, 4) is 0 Å². The summed E-state index contributed by atoms with van der Waals surface area (Å²) in [5.41, 5.74) is 0.600. The molecule has 0 aliphatic carbocycles. The molecule has 0 atom stereocenters. The maximum atomic E-state index is 12.6. The van der Waals surface area contributed by atoms with Gasteiger partial charge in [0.1, 0.15) is 5.57 Å². The first kappa shape index (κ1) is 14.9. The summed E-state index contributed by atoms with van der Waals surface area (Å²) < 4.78 is 0. The first-order valence-electron chi connectivity index (χ1n) is 6.27. The number of anilines is 1. The molecule has 2 amide bonds. The van der Waals surface area contributed by atoms with Crippen LogP contribution in [0.15, 0.2) is 47.4 Å². The Balaban J connectivity index is 2.01. The van der Waals surface area contributed by atoms with E-state index in [0.29, 0.717) is 10.7 Å². The Morgan fingerprint density at radius 3 is 2.55 bits per heavy atom. The highest BCUT2D eigenvalue weighted by Gasteiger charge is 2.34. The third kappa shape index (κ3) is 2.81. The standard InChI is InChI=1S/C15H9ClN2O2S2/c16-9-3-5-10(6-4-9)18-14(20)12(13(19)17-15(18)21)8-11-2-1-7-22-11/h1-8H,(H,17,19,21)/b12-8-. The second-order valence-corrected chi connectivity index (χ2v) is 6.25. The molecule has 1 aliphatic rings. The van der Waals surface area contributed by atoms with Gasteiger partial charge in [0.2, 0.25) is 0 Å². The van der Waals surface area contributed by atoms with Crippen LogP contribution < -0.4 is 10.2 Å². The number of carbonyl (C=O) groups excluding carboxylic acids is 2. The van der Waals surface area contributed by atoms with Crippen LogP contribution in [0.25, 0.3) is 6.08 Å². The Morgan fingerprint density at radius 1 is 1.18 bits per heavy atom. The molecule has 1 aromatic carbocycles. The number of thiocarbonyl (C=S) groups is 1. The molecule has 2 aromatic rings. The van der Waals surface area contributed by atoms with Crippen LogP contribution in [-0.2, 0) is 9.59 Å². The summed E-state index contributed by atoms with van der Waals surface area (Å²) in [4.78, 5) is 26.8. The van der Waals surface area contributed by atoms with E-state index in [2.05, 4.69) is 5.32 Å². The van der Waals surface area contributed by atoms with Crippen molar-refractivity contribution < 1.29 is 9.59 Å². The SMILES string of the molecule is O=C1NC(=S)N(c2ccc(Cl)cc2)C(=O)/C1=C\c1cccs1. The van der Waals surface area contributed by atoms with E-state index in [4.69, 9.17) is 23.8 Å². The molecule has 4 nitrogen and oxygen atoms in total. The molecule has 1 saturated heterocycles. The number of thiophene rings is 1. The largest absolute Gasteiger partial charge is 0.298 e. The van der Waals surface area contributed by atoms with Crippen LogP contribution in [0.2, 0.25) is 5.02 Å². The van der Waals surface area contributed by atoms with Crippen LogP contribution in [-0.4, -0.2) is 16.9 Å². The average Bonchev–Trinajstić information content (AvgIpc) is 2.98. The highest BCUT2D eigenvalue weighted by Crippen LogP contribution is 2.24. The lowest BCUT2D eigenvalue weighted by Gasteiger charge is -2.28. The Kier molecular flexibility index (Phi) is 4.06. The zero-order valence-corrected chi connectivity index (χ0v) is 13.5. The Labute approximate surface area is 141 Å². The van der Waals surface area contributed by atoms with Crippen LogP contribution >= 0.6 is 35.2 Å². The van der Waals surface area contributed by atoms with E-state index >= 15 is 0 Å². The molecule has 0 bridgehead atoms. The van der Waals surface area contributed by atoms with Crippen molar-refractivity contribution in [2.75, 3.05) is 4.90 Å². The van der Waals surface area contributed by atoms with Crippen molar-refractivity contribution >= 4 is 63.8 Å². The van der Waals surface area contributed by atoms with Crippen molar-refractivity contribution in [1.29, 1.82) is 0 Å². The van der Waals surface area contributed by atoms with E-state index in [9.17, 15) is 9.59 Å². The van der Waals surface area contributed by atoms with Gasteiger partial charge in [-0.25, -0.2) is 0 Å². The van der Waals surface area contributed by atoms with Gasteiger partial charge in [0, 0.05) is 9.90 Å². The van der Waals surface area contributed by atoms with Gasteiger partial charge in [-0.15, -0.1) is 11.3 Å². The topological polar surface area (TPSA) is 49.4 Å². The van der Waals surface area contributed by atoms with Crippen LogP contribution in [0.5, 0.6) is 0 Å². The lowest BCUT2D eigenvalue weighted by atomic mass is 10.1. The Hall–Kier alpha value is -2.02. The summed E-state index contributed by atoms with van der Waals surface area (Å²) in [5, 5.41) is 5.02. The first-order chi connectivity index (χ1) is 10.6. The predicted octanol–water partition coefficient (Wildman–Crippen LogP) is 3.23. The van der Waals surface area contributed by atoms with Gasteiger partial charge in [0.15, 0.2) is 5.11 Å². The minimum Gasteiger partial charge on any atom is -0.298 e. The van der Waals surface area contributed by atoms with Crippen molar-refractivity contribution in [3.63, 3.8) is 0 Å². The minimum absolute atomic E-state index is 0.0472. The summed E-state index contributed by atoms with van der Waals surface area (Å²) in [6.45, 7) is 0. The highest BCUT2D eigenvalue weighted by atomic mass is 35.5. The average molecular weight is 349 g/mol. The van der Waals surface area contributed by atoms with Gasteiger partial charge in [-0.1, -0.05) is 17.7 Å². The van der Waals surface area contributed by atoms with E-state index < -0.39 is 11.8 Å². The van der Waals surface area contributed by atoms with Crippen molar-refractivity contribution in [3.05, 3.63) is 57.3 Å². The summed E-state index contributed by atoms with van der Waals surface area (Å²) in [6, 6.07) is 10.3. The van der Waals surface area contributed by atoms with Crippen LogP contribution in [0.3, 0.4) is 0 Å². The molecule has 0 spiro atoms. The van der Waals surface area contributed by atoms with Crippen molar-refractivity contribution in [2.45, 2.75) is 0 Å². The highest BCUT2D eigenvalue weighted by molar-refractivity contribution is 7.80. The van der Waals surface area contributed by atoms with Gasteiger partial charge in [-0.3, -0.25) is 19.8 Å². The van der Waals surface area contributed by atoms with Gasteiger partial charge in [0.25, 0.3) is 11.8 Å². The molecule has 110 valence electrons. The van der Waals surface area contributed by atoms with E-state index in [1.807, 2.05) is 17.5 Å².